The van der Waals surface area contributed by atoms with Crippen LogP contribution >= 0.6 is 0 Å². The highest BCUT2D eigenvalue weighted by Gasteiger charge is 2.25. The number of aromatic hydroxyl groups is 1. The number of nitrogens with zero attached hydrogens (tertiary/aromatic N) is 3. The number of benzene rings is 1. The highest BCUT2D eigenvalue weighted by molar-refractivity contribution is 5.76. The molecule has 0 unspecified atom stereocenters. The molecule has 0 saturated carbocycles. The van der Waals surface area contributed by atoms with Gasteiger partial charge in [-0.2, -0.15) is 0 Å². The van der Waals surface area contributed by atoms with Gasteiger partial charge in [0.05, 0.1) is 40.4 Å². The maximum atomic E-state index is 11.9. The number of alkyl carbamates (subject to hydrolysis) is 1. The first kappa shape index (κ1) is 29.9. The number of rotatable bonds is 12. The summed E-state index contributed by atoms with van der Waals surface area (Å²) in [5.74, 6) is 0.808. The normalized spacial score (nSPS) is 15.5. The largest absolute Gasteiger partial charge is 0.507 e. The number of piperidine rings is 1. The van der Waals surface area contributed by atoms with E-state index in [4.69, 9.17) is 18.9 Å². The molecule has 0 spiro atoms. The van der Waals surface area contributed by atoms with Gasteiger partial charge in [0.1, 0.15) is 17.2 Å². The van der Waals surface area contributed by atoms with Crippen LogP contribution in [0.15, 0.2) is 12.1 Å². The lowest BCUT2D eigenvalue weighted by atomic mass is 9.97. The second-order valence-corrected chi connectivity index (χ2v) is 9.30. The fraction of sp³-hybridized carbons (Fsp3) is 0.556. The average molecular weight is 546 g/mol. The highest BCUT2D eigenvalue weighted by atomic mass is 16.5. The van der Waals surface area contributed by atoms with Gasteiger partial charge >= 0.3 is 12.1 Å². The van der Waals surface area contributed by atoms with Gasteiger partial charge in [0.25, 0.3) is 0 Å². The molecule has 0 radical (unpaired) electrons. The molecule has 39 heavy (non-hydrogen) atoms. The molecule has 214 valence electrons. The lowest BCUT2D eigenvalue weighted by Gasteiger charge is -2.33. The molecule has 3 rings (SSSR count). The third kappa shape index (κ3) is 7.93. The molecule has 3 N–H and O–H groups in total. The number of phenols is 1. The fourth-order valence-corrected chi connectivity index (χ4v) is 4.73. The third-order valence-electron chi connectivity index (χ3n) is 6.67. The molecule has 1 saturated heterocycles. The molecule has 2 heterocycles. The van der Waals surface area contributed by atoms with Gasteiger partial charge in [0.15, 0.2) is 5.82 Å². The van der Waals surface area contributed by atoms with E-state index in [0.717, 1.165) is 31.5 Å². The van der Waals surface area contributed by atoms with Crippen molar-refractivity contribution in [1.82, 2.24) is 20.4 Å². The molecule has 1 aliphatic heterocycles. The number of hydrogen-bond acceptors (Lipinski definition) is 11. The van der Waals surface area contributed by atoms with Crippen LogP contribution in [0.25, 0.3) is 11.3 Å². The van der Waals surface area contributed by atoms with Gasteiger partial charge < -0.3 is 39.6 Å². The van der Waals surface area contributed by atoms with Crippen LogP contribution in [-0.2, 0) is 32.2 Å². The molecular weight excluding hydrogens is 506 g/mol. The standard InChI is InChI=1S/C27H39N5O7/c1-6-39-23(34)9-11-32-10-7-8-19(15-32)29-26-21(14-28-27(35)38-5)17(2)25(30-31-26)24-18(16-36-3)12-20(37-4)13-22(24)33/h12-13,19,33H,6-11,14-16H2,1-5H3,(H,28,35)(H,29,31)/t19-/m1/s1. The van der Waals surface area contributed by atoms with Crippen molar-refractivity contribution in [1.29, 1.82) is 0 Å². The Morgan fingerprint density at radius 1 is 1.21 bits per heavy atom. The third-order valence-corrected chi connectivity index (χ3v) is 6.67. The topological polar surface area (TPSA) is 144 Å². The minimum Gasteiger partial charge on any atom is -0.507 e. The number of methoxy groups -OCH3 is 3. The maximum absolute atomic E-state index is 11.9. The van der Waals surface area contributed by atoms with Crippen LogP contribution in [0.3, 0.4) is 0 Å². The maximum Gasteiger partial charge on any atom is 0.407 e. The summed E-state index contributed by atoms with van der Waals surface area (Å²) >= 11 is 0. The highest BCUT2D eigenvalue weighted by Crippen LogP contribution is 2.38. The summed E-state index contributed by atoms with van der Waals surface area (Å²) in [4.78, 5) is 26.0. The van der Waals surface area contributed by atoms with Crippen LogP contribution in [0.5, 0.6) is 11.5 Å². The average Bonchev–Trinajstić information content (AvgIpc) is 2.92. The Hall–Kier alpha value is -3.64. The molecule has 0 aliphatic carbocycles. The zero-order valence-corrected chi connectivity index (χ0v) is 23.3. The Balaban J connectivity index is 1.91. The number of esters is 1. The summed E-state index contributed by atoms with van der Waals surface area (Å²) in [6.45, 7) is 6.65. The number of nitrogens with one attached hydrogen (secondary N) is 2. The molecule has 1 aliphatic rings. The molecule has 1 aromatic carbocycles. The van der Waals surface area contributed by atoms with Crippen molar-refractivity contribution in [2.75, 3.05) is 52.9 Å². The van der Waals surface area contributed by atoms with Crippen molar-refractivity contribution >= 4 is 17.9 Å². The molecule has 1 atom stereocenters. The number of anilines is 1. The lowest BCUT2D eigenvalue weighted by molar-refractivity contribution is -0.143. The number of likely N-dealkylation sites (tertiary alicyclic amines) is 1. The minimum absolute atomic E-state index is 0.0177. The van der Waals surface area contributed by atoms with Crippen molar-refractivity contribution in [3.63, 3.8) is 0 Å². The van der Waals surface area contributed by atoms with Gasteiger partial charge in [-0.25, -0.2) is 4.79 Å². The second kappa shape index (κ2) is 14.5. The first-order valence-corrected chi connectivity index (χ1v) is 13.0. The number of amides is 1. The molecule has 0 bridgehead atoms. The predicted molar refractivity (Wildman–Crippen MR) is 145 cm³/mol. The zero-order chi connectivity index (χ0) is 28.4. The Labute approximate surface area is 229 Å². The Kier molecular flexibility index (Phi) is 11.1. The molecule has 1 amide bonds. The van der Waals surface area contributed by atoms with E-state index in [1.807, 2.05) is 6.92 Å². The van der Waals surface area contributed by atoms with E-state index in [-0.39, 0.29) is 30.9 Å². The summed E-state index contributed by atoms with van der Waals surface area (Å²) in [5, 5.41) is 26.1. The van der Waals surface area contributed by atoms with E-state index in [9.17, 15) is 14.7 Å². The van der Waals surface area contributed by atoms with Crippen LogP contribution in [0.4, 0.5) is 10.6 Å². The van der Waals surface area contributed by atoms with Crippen molar-refractivity contribution in [3.8, 4) is 22.8 Å². The van der Waals surface area contributed by atoms with Gasteiger partial charge in [-0.15, -0.1) is 10.2 Å². The van der Waals surface area contributed by atoms with Crippen molar-refractivity contribution in [2.45, 2.75) is 52.3 Å². The lowest BCUT2D eigenvalue weighted by Crippen LogP contribution is -2.43. The summed E-state index contributed by atoms with van der Waals surface area (Å²) in [7, 11) is 4.39. The molecule has 1 fully saturated rings. The zero-order valence-electron chi connectivity index (χ0n) is 23.3. The van der Waals surface area contributed by atoms with Crippen LogP contribution in [0, 0.1) is 6.92 Å². The van der Waals surface area contributed by atoms with E-state index >= 15 is 0 Å². The van der Waals surface area contributed by atoms with Crippen molar-refractivity contribution in [2.24, 2.45) is 0 Å². The Bertz CT molecular complexity index is 1140. The number of phenolic OH excluding ortho intramolecular Hbond substituents is 1. The van der Waals surface area contributed by atoms with Gasteiger partial charge in [-0.1, -0.05) is 0 Å². The van der Waals surface area contributed by atoms with E-state index in [0.29, 0.717) is 53.5 Å². The van der Waals surface area contributed by atoms with Crippen molar-refractivity contribution in [3.05, 3.63) is 28.8 Å². The Morgan fingerprint density at radius 2 is 2.00 bits per heavy atom. The van der Waals surface area contributed by atoms with Gasteiger partial charge in [-0.05, 0) is 50.4 Å². The summed E-state index contributed by atoms with van der Waals surface area (Å²) in [6.07, 6.45) is 1.65. The van der Waals surface area contributed by atoms with E-state index < -0.39 is 6.09 Å². The van der Waals surface area contributed by atoms with Gasteiger partial charge in [0.2, 0.25) is 0 Å². The van der Waals surface area contributed by atoms with E-state index in [2.05, 4.69) is 25.7 Å². The number of hydrogen-bond donors (Lipinski definition) is 3. The van der Waals surface area contributed by atoms with Gasteiger partial charge in [-0.3, -0.25) is 4.79 Å². The summed E-state index contributed by atoms with van der Waals surface area (Å²) in [6, 6.07) is 3.36. The molecular formula is C27H39N5O7. The monoisotopic (exact) mass is 545 g/mol. The quantitative estimate of drug-likeness (QED) is 0.339. The fourth-order valence-electron chi connectivity index (χ4n) is 4.73. The predicted octanol–water partition coefficient (Wildman–Crippen LogP) is 3.00. The number of aromatic nitrogens is 2. The van der Waals surface area contributed by atoms with Crippen LogP contribution in [0.2, 0.25) is 0 Å². The van der Waals surface area contributed by atoms with E-state index in [1.54, 1.807) is 20.1 Å². The van der Waals surface area contributed by atoms with Crippen LogP contribution in [-0.4, -0.2) is 85.9 Å². The molecule has 1 aromatic heterocycles. The van der Waals surface area contributed by atoms with E-state index in [1.165, 1.54) is 20.3 Å². The molecule has 12 nitrogen and oxygen atoms in total. The van der Waals surface area contributed by atoms with Crippen LogP contribution < -0.4 is 15.4 Å². The number of ether oxygens (including phenoxy) is 4. The van der Waals surface area contributed by atoms with Crippen LogP contribution in [0.1, 0.15) is 42.9 Å². The first-order valence-electron chi connectivity index (χ1n) is 13.0. The first-order chi connectivity index (χ1) is 18.8. The van der Waals surface area contributed by atoms with Crippen molar-refractivity contribution < 1.29 is 33.6 Å². The smallest absolute Gasteiger partial charge is 0.407 e. The number of carbonyl (C=O) groups excluding carboxylic acids is 2. The number of carbonyl (C=O) groups is 2. The Morgan fingerprint density at radius 3 is 2.69 bits per heavy atom. The molecule has 12 heteroatoms. The van der Waals surface area contributed by atoms with Gasteiger partial charge in [0, 0.05) is 43.4 Å². The summed E-state index contributed by atoms with van der Waals surface area (Å²) in [5.41, 5.74) is 3.08. The minimum atomic E-state index is -0.575. The molecule has 2 aromatic rings. The SMILES string of the molecule is CCOC(=O)CCN1CCC[C@@H](Nc2nnc(-c3c(O)cc(OC)cc3COC)c(C)c2CNC(=O)OC)C1. The second-order valence-electron chi connectivity index (χ2n) is 9.30. The summed E-state index contributed by atoms with van der Waals surface area (Å²) < 4.78 is 20.5.